The molecule has 0 aliphatic carbocycles. The van der Waals surface area contributed by atoms with Gasteiger partial charge in [0.2, 0.25) is 0 Å². The molecular formula is C69H67Ir2N7-2. The maximum Gasteiger partial charge on any atom is 0.165 e. The van der Waals surface area contributed by atoms with E-state index < -0.39 is 0 Å². The van der Waals surface area contributed by atoms with E-state index in [0.717, 1.165) is 67.3 Å². The fourth-order valence-corrected chi connectivity index (χ4v) is 8.63. The molecule has 10 rings (SSSR count). The second kappa shape index (κ2) is 24.4. The van der Waals surface area contributed by atoms with Crippen LogP contribution in [0.4, 0.5) is 0 Å². The smallest absolute Gasteiger partial charge is 0.165 e. The number of aromatic nitrogens is 7. The molecule has 0 amide bonds. The first-order valence-electron chi connectivity index (χ1n) is 26.1. The predicted molar refractivity (Wildman–Crippen MR) is 313 cm³/mol. The van der Waals surface area contributed by atoms with Gasteiger partial charge in [-0.05, 0) is 61.4 Å². The van der Waals surface area contributed by atoms with Gasteiger partial charge in [0, 0.05) is 86.0 Å². The minimum absolute atomic E-state index is 0. The van der Waals surface area contributed by atoms with E-state index in [9.17, 15) is 0 Å². The zero-order valence-corrected chi connectivity index (χ0v) is 51.5. The van der Waals surface area contributed by atoms with Crippen LogP contribution in [-0.4, -0.2) is 34.9 Å². The van der Waals surface area contributed by atoms with Crippen molar-refractivity contribution in [2.75, 3.05) is 0 Å². The number of hydrogen-bond acceptors (Lipinski definition) is 7. The quantitative estimate of drug-likeness (QED) is 0.140. The second-order valence-electron chi connectivity index (χ2n) is 23.5. The Morgan fingerprint density at radius 3 is 0.833 bits per heavy atom. The summed E-state index contributed by atoms with van der Waals surface area (Å²) in [5.74, 6) is 2.55. The summed E-state index contributed by atoms with van der Waals surface area (Å²) >= 11 is 0. The van der Waals surface area contributed by atoms with Gasteiger partial charge in [-0.15, -0.1) is 71.8 Å². The fourth-order valence-electron chi connectivity index (χ4n) is 8.63. The molecule has 2 radical (unpaired) electrons. The predicted octanol–water partition coefficient (Wildman–Crippen LogP) is 17.3. The van der Waals surface area contributed by atoms with E-state index >= 15 is 0 Å². The van der Waals surface area contributed by atoms with Crippen LogP contribution in [0.1, 0.15) is 105 Å². The molecule has 10 aromatic rings. The normalized spacial score (nSPS) is 11.6. The minimum atomic E-state index is 0. The molecule has 398 valence electrons. The van der Waals surface area contributed by atoms with E-state index in [4.69, 9.17) is 29.9 Å². The third kappa shape index (κ3) is 14.4. The van der Waals surface area contributed by atoms with Gasteiger partial charge in [-0.3, -0.25) is 0 Å². The number of hydrogen-bond donors (Lipinski definition) is 0. The van der Waals surface area contributed by atoms with Gasteiger partial charge in [0.05, 0.1) is 11.4 Å². The van der Waals surface area contributed by atoms with E-state index in [-0.39, 0.29) is 61.9 Å². The van der Waals surface area contributed by atoms with Gasteiger partial charge in [-0.2, -0.15) is 0 Å². The van der Waals surface area contributed by atoms with Crippen LogP contribution in [0.3, 0.4) is 0 Å². The summed E-state index contributed by atoms with van der Waals surface area (Å²) in [5.41, 5.74) is 16.7. The van der Waals surface area contributed by atoms with Crippen molar-refractivity contribution >= 4 is 0 Å². The number of pyridine rings is 2. The molecule has 78 heavy (non-hydrogen) atoms. The summed E-state index contributed by atoms with van der Waals surface area (Å²) in [4.78, 5) is 34.0. The van der Waals surface area contributed by atoms with Crippen LogP contribution in [0.2, 0.25) is 0 Å². The van der Waals surface area contributed by atoms with Crippen LogP contribution in [0.5, 0.6) is 0 Å². The molecule has 0 unspecified atom stereocenters. The molecule has 0 bridgehead atoms. The summed E-state index contributed by atoms with van der Waals surface area (Å²) in [6, 6.07) is 66.7. The third-order valence-electron chi connectivity index (χ3n) is 13.5. The van der Waals surface area contributed by atoms with Crippen LogP contribution in [0.25, 0.3) is 90.6 Å². The monoisotopic (exact) mass is 1380 g/mol. The molecule has 0 atom stereocenters. The van der Waals surface area contributed by atoms with Crippen LogP contribution in [0, 0.1) is 12.1 Å². The van der Waals surface area contributed by atoms with Gasteiger partial charge >= 0.3 is 0 Å². The fraction of sp³-hybridized carbons (Fsp3) is 0.232. The molecule has 0 aliphatic heterocycles. The maximum absolute atomic E-state index is 4.99. The molecule has 0 saturated carbocycles. The number of benzene rings is 6. The van der Waals surface area contributed by atoms with E-state index in [1.807, 2.05) is 85.2 Å². The average molecular weight is 1380 g/mol. The zero-order chi connectivity index (χ0) is 53.8. The Labute approximate surface area is 489 Å². The first-order valence-corrected chi connectivity index (χ1v) is 26.1. The molecule has 7 nitrogen and oxygen atoms in total. The Kier molecular flexibility index (Phi) is 18.3. The molecule has 9 heteroatoms. The Bertz CT molecular complexity index is 3150. The van der Waals surface area contributed by atoms with Crippen molar-refractivity contribution in [1.29, 1.82) is 0 Å². The van der Waals surface area contributed by atoms with Crippen molar-refractivity contribution in [3.05, 3.63) is 223 Å². The van der Waals surface area contributed by atoms with Crippen LogP contribution < -0.4 is 0 Å². The van der Waals surface area contributed by atoms with Crippen LogP contribution >= 0.6 is 0 Å². The first-order chi connectivity index (χ1) is 36.2. The summed E-state index contributed by atoms with van der Waals surface area (Å²) in [6.07, 6.45) is 3.68. The molecule has 6 aromatic carbocycles. The van der Waals surface area contributed by atoms with Crippen molar-refractivity contribution in [3.8, 4) is 90.6 Å². The molecular weight excluding hydrogens is 1310 g/mol. The van der Waals surface area contributed by atoms with Crippen molar-refractivity contribution in [2.24, 2.45) is 0 Å². The van der Waals surface area contributed by atoms with Gasteiger partial charge < -0.3 is 9.97 Å². The van der Waals surface area contributed by atoms with E-state index in [0.29, 0.717) is 23.3 Å². The average Bonchev–Trinajstić information content (AvgIpc) is 3.46. The molecule has 0 saturated heterocycles. The Balaban J connectivity index is 0.000000220. The third-order valence-corrected chi connectivity index (χ3v) is 13.5. The van der Waals surface area contributed by atoms with Crippen molar-refractivity contribution < 1.29 is 40.2 Å². The van der Waals surface area contributed by atoms with Crippen molar-refractivity contribution in [2.45, 2.75) is 105 Å². The van der Waals surface area contributed by atoms with Gasteiger partial charge in [0.1, 0.15) is 0 Å². The molecule has 0 N–H and O–H groups in total. The standard InChI is InChI=1S/C35H34N3.C34H33N4.2Ir/c1-34(2,3)28-17-12-25(13-18-28)31-22-32(26-14-19-29(20-15-26)35(4,5)6)38-33(37-31)27-16-21-30(36-23-27)24-10-8-7-9-11-24;1-33(2,3)27-17-12-24(13-18-27)30-36-31(25-14-19-28(20-15-25)34(4,5)6)38-32(37-30)26-16-21-29(35-22-26)23-10-8-7-9-11-23;;/h7-10,12-23H,1-6H3;7-10,12-22H,1-6H3;;/q2*-1;;. The molecule has 0 spiro atoms. The SMILES string of the molecule is CC(C)(C)c1ccc(-c2cc(-c3ccc(C(C)(C)C)cc3)nc(-c3ccc(-c4[c-]cccc4)nc3)n2)cc1.CC(C)(C)c1ccc(-c2nc(-c3ccc(C(C)(C)C)cc3)nc(-c3ccc(-c4[c-]cccc4)nc3)n2)cc1.[Ir].[Ir]. The van der Waals surface area contributed by atoms with Crippen molar-refractivity contribution in [1.82, 2.24) is 34.9 Å². The Hall–Kier alpha value is -6.99. The van der Waals surface area contributed by atoms with Crippen LogP contribution in [-0.2, 0) is 61.9 Å². The number of rotatable bonds is 8. The first kappa shape index (κ1) is 58.7. The summed E-state index contributed by atoms with van der Waals surface area (Å²) < 4.78 is 0. The Morgan fingerprint density at radius 2 is 0.564 bits per heavy atom. The topological polar surface area (TPSA) is 90.2 Å². The van der Waals surface area contributed by atoms with E-state index in [1.54, 1.807) is 0 Å². The molecule has 0 fully saturated rings. The summed E-state index contributed by atoms with van der Waals surface area (Å²) in [6.45, 7) is 26.7. The molecule has 0 aliphatic rings. The summed E-state index contributed by atoms with van der Waals surface area (Å²) in [5, 5.41) is 0. The second-order valence-corrected chi connectivity index (χ2v) is 23.5. The zero-order valence-electron chi connectivity index (χ0n) is 46.7. The van der Waals surface area contributed by atoms with Gasteiger partial charge in [-0.1, -0.05) is 204 Å². The van der Waals surface area contributed by atoms with Gasteiger partial charge in [-0.25, -0.2) is 24.9 Å². The maximum atomic E-state index is 4.99. The van der Waals surface area contributed by atoms with Gasteiger partial charge in [0.25, 0.3) is 0 Å². The van der Waals surface area contributed by atoms with Crippen LogP contribution in [0.15, 0.2) is 188 Å². The van der Waals surface area contributed by atoms with Crippen molar-refractivity contribution in [3.63, 3.8) is 0 Å². The van der Waals surface area contributed by atoms with E-state index in [1.165, 1.54) is 22.3 Å². The van der Waals surface area contributed by atoms with Gasteiger partial charge in [0.15, 0.2) is 23.3 Å². The van der Waals surface area contributed by atoms with E-state index in [2.05, 4.69) is 203 Å². The largest absolute Gasteiger partial charge is 0.304 e. The molecule has 4 heterocycles. The summed E-state index contributed by atoms with van der Waals surface area (Å²) in [7, 11) is 0. The molecule has 4 aromatic heterocycles. The minimum Gasteiger partial charge on any atom is -0.304 e. The Morgan fingerprint density at radius 1 is 0.282 bits per heavy atom. The number of nitrogens with zero attached hydrogens (tertiary/aromatic N) is 7.